The summed E-state index contributed by atoms with van der Waals surface area (Å²) in [6.07, 6.45) is 3.36. The Morgan fingerprint density at radius 1 is 1.16 bits per heavy atom. The van der Waals surface area contributed by atoms with E-state index in [-0.39, 0.29) is 16.4 Å². The molecule has 0 spiro atoms. The van der Waals surface area contributed by atoms with Crippen LogP contribution in [0.2, 0.25) is 0 Å². The van der Waals surface area contributed by atoms with Crippen LogP contribution in [-0.4, -0.2) is 45.4 Å². The molecule has 2 aromatic carbocycles. The fourth-order valence-corrected chi connectivity index (χ4v) is 5.35. The van der Waals surface area contributed by atoms with E-state index in [0.29, 0.717) is 31.3 Å². The quantitative estimate of drug-likeness (QED) is 0.629. The topological polar surface area (TPSA) is 75.7 Å². The SMILES string of the molecule is COc1ccc(S(=O)(=O)N2CCC(C)CC2)cc1C(=O)NCCCc1cccc(C)c1. The first-order valence-corrected chi connectivity index (χ1v) is 12.3. The fourth-order valence-electron chi connectivity index (χ4n) is 3.86. The molecule has 1 fully saturated rings. The summed E-state index contributed by atoms with van der Waals surface area (Å²) in [6.45, 7) is 5.71. The molecule has 6 nitrogen and oxygen atoms in total. The highest BCUT2D eigenvalue weighted by Crippen LogP contribution is 2.27. The number of carbonyl (C=O) groups excluding carboxylic acids is 1. The van der Waals surface area contributed by atoms with Crippen molar-refractivity contribution in [2.45, 2.75) is 44.4 Å². The summed E-state index contributed by atoms with van der Waals surface area (Å²) < 4.78 is 33.0. The van der Waals surface area contributed by atoms with Gasteiger partial charge in [-0.05, 0) is 62.3 Å². The molecule has 7 heteroatoms. The molecule has 1 N–H and O–H groups in total. The number of rotatable bonds is 8. The van der Waals surface area contributed by atoms with Crippen molar-refractivity contribution >= 4 is 15.9 Å². The van der Waals surface area contributed by atoms with E-state index in [4.69, 9.17) is 4.74 Å². The molecule has 0 bridgehead atoms. The summed E-state index contributed by atoms with van der Waals surface area (Å²) >= 11 is 0. The molecule has 31 heavy (non-hydrogen) atoms. The molecule has 168 valence electrons. The van der Waals surface area contributed by atoms with Gasteiger partial charge in [0.2, 0.25) is 10.0 Å². The van der Waals surface area contributed by atoms with Crippen molar-refractivity contribution in [2.75, 3.05) is 26.7 Å². The van der Waals surface area contributed by atoms with Crippen LogP contribution in [0.5, 0.6) is 5.75 Å². The van der Waals surface area contributed by atoms with Crippen molar-refractivity contribution in [1.82, 2.24) is 9.62 Å². The first-order valence-electron chi connectivity index (χ1n) is 10.8. The maximum absolute atomic E-state index is 13.1. The predicted octanol–water partition coefficient (Wildman–Crippen LogP) is 3.79. The zero-order valence-corrected chi connectivity index (χ0v) is 19.4. The molecule has 0 unspecified atom stereocenters. The van der Waals surface area contributed by atoms with Gasteiger partial charge in [0, 0.05) is 19.6 Å². The van der Waals surface area contributed by atoms with E-state index in [9.17, 15) is 13.2 Å². The largest absolute Gasteiger partial charge is 0.496 e. The number of ether oxygens (including phenoxy) is 1. The number of piperidine rings is 1. The molecule has 0 aromatic heterocycles. The van der Waals surface area contributed by atoms with Crippen LogP contribution in [0.3, 0.4) is 0 Å². The summed E-state index contributed by atoms with van der Waals surface area (Å²) in [4.78, 5) is 12.9. The van der Waals surface area contributed by atoms with Crippen LogP contribution < -0.4 is 10.1 Å². The van der Waals surface area contributed by atoms with Gasteiger partial charge in [0.05, 0.1) is 17.6 Å². The molecule has 1 aliphatic rings. The second-order valence-corrected chi connectivity index (χ2v) is 10.2. The third-order valence-electron chi connectivity index (χ3n) is 5.81. The normalized spacial score (nSPS) is 15.6. The Kier molecular flexibility index (Phi) is 7.73. The maximum Gasteiger partial charge on any atom is 0.255 e. The number of nitrogens with zero attached hydrogens (tertiary/aromatic N) is 1. The standard InChI is InChI=1S/C24H32N2O4S/c1-18-11-14-26(15-12-18)31(28,29)21-9-10-23(30-3)22(17-21)24(27)25-13-5-8-20-7-4-6-19(2)16-20/h4,6-7,9-10,16-18H,5,8,11-15H2,1-3H3,(H,25,27). The summed E-state index contributed by atoms with van der Waals surface area (Å²) in [7, 11) is -2.16. The first-order chi connectivity index (χ1) is 14.8. The van der Waals surface area contributed by atoms with E-state index in [1.807, 2.05) is 6.07 Å². The molecule has 1 amide bonds. The summed E-state index contributed by atoms with van der Waals surface area (Å²) in [5.41, 5.74) is 2.69. The highest BCUT2D eigenvalue weighted by Gasteiger charge is 2.29. The van der Waals surface area contributed by atoms with Gasteiger partial charge in [-0.1, -0.05) is 36.8 Å². The van der Waals surface area contributed by atoms with Crippen LogP contribution in [0.1, 0.15) is 47.7 Å². The average molecular weight is 445 g/mol. The number of benzene rings is 2. The zero-order chi connectivity index (χ0) is 22.4. The number of methoxy groups -OCH3 is 1. The van der Waals surface area contributed by atoms with Crippen LogP contribution in [0, 0.1) is 12.8 Å². The smallest absolute Gasteiger partial charge is 0.255 e. The van der Waals surface area contributed by atoms with Gasteiger partial charge < -0.3 is 10.1 Å². The Morgan fingerprint density at radius 2 is 1.90 bits per heavy atom. The van der Waals surface area contributed by atoms with Crippen molar-refractivity contribution in [3.63, 3.8) is 0 Å². The Bertz CT molecular complexity index is 1010. The van der Waals surface area contributed by atoms with Crippen LogP contribution in [-0.2, 0) is 16.4 Å². The number of hydrogen-bond donors (Lipinski definition) is 1. The van der Waals surface area contributed by atoms with Crippen molar-refractivity contribution in [1.29, 1.82) is 0 Å². The molecule has 2 aromatic rings. The molecule has 1 heterocycles. The van der Waals surface area contributed by atoms with E-state index in [1.54, 1.807) is 6.07 Å². The second kappa shape index (κ2) is 10.3. The average Bonchev–Trinajstić information content (AvgIpc) is 2.76. The lowest BCUT2D eigenvalue weighted by molar-refractivity contribution is 0.0950. The lowest BCUT2D eigenvalue weighted by atomic mass is 10.0. The summed E-state index contributed by atoms with van der Waals surface area (Å²) in [6, 6.07) is 12.8. The monoisotopic (exact) mass is 444 g/mol. The van der Waals surface area contributed by atoms with Crippen molar-refractivity contribution in [3.05, 3.63) is 59.2 Å². The van der Waals surface area contributed by atoms with Crippen LogP contribution in [0.4, 0.5) is 0 Å². The molecule has 1 saturated heterocycles. The minimum absolute atomic E-state index is 0.132. The van der Waals surface area contributed by atoms with E-state index in [1.165, 1.54) is 34.7 Å². The van der Waals surface area contributed by atoms with Crippen LogP contribution >= 0.6 is 0 Å². The highest BCUT2D eigenvalue weighted by atomic mass is 32.2. The molecule has 3 rings (SSSR count). The van der Waals surface area contributed by atoms with Gasteiger partial charge in [-0.25, -0.2) is 8.42 Å². The molecule has 0 aliphatic carbocycles. The number of nitrogens with one attached hydrogen (secondary N) is 1. The number of amides is 1. The number of sulfonamides is 1. The highest BCUT2D eigenvalue weighted by molar-refractivity contribution is 7.89. The number of hydrogen-bond acceptors (Lipinski definition) is 4. The molecule has 0 radical (unpaired) electrons. The second-order valence-electron chi connectivity index (χ2n) is 8.30. The lowest BCUT2D eigenvalue weighted by Gasteiger charge is -2.29. The predicted molar refractivity (Wildman–Crippen MR) is 122 cm³/mol. The Morgan fingerprint density at radius 3 is 2.58 bits per heavy atom. The van der Waals surface area contributed by atoms with Gasteiger partial charge in [0.1, 0.15) is 5.75 Å². The minimum Gasteiger partial charge on any atom is -0.496 e. The minimum atomic E-state index is -3.63. The Hall–Kier alpha value is -2.38. The van der Waals surface area contributed by atoms with E-state index in [2.05, 4.69) is 37.4 Å². The van der Waals surface area contributed by atoms with Crippen molar-refractivity contribution < 1.29 is 17.9 Å². The molecular weight excluding hydrogens is 412 g/mol. The zero-order valence-electron chi connectivity index (χ0n) is 18.6. The number of carbonyl (C=O) groups is 1. The van der Waals surface area contributed by atoms with Gasteiger partial charge >= 0.3 is 0 Å². The molecule has 0 saturated carbocycles. The van der Waals surface area contributed by atoms with Gasteiger partial charge in [-0.2, -0.15) is 4.31 Å². The summed E-state index contributed by atoms with van der Waals surface area (Å²) in [5.74, 6) is 0.566. The lowest BCUT2D eigenvalue weighted by Crippen LogP contribution is -2.38. The van der Waals surface area contributed by atoms with Crippen molar-refractivity contribution in [2.24, 2.45) is 5.92 Å². The first kappa shape index (κ1) is 23.3. The van der Waals surface area contributed by atoms with Crippen LogP contribution in [0.15, 0.2) is 47.4 Å². The molecule has 1 aliphatic heterocycles. The fraction of sp³-hybridized carbons (Fsp3) is 0.458. The Balaban J connectivity index is 1.67. The van der Waals surface area contributed by atoms with Gasteiger partial charge in [-0.3, -0.25) is 4.79 Å². The summed E-state index contributed by atoms with van der Waals surface area (Å²) in [5, 5.41) is 2.90. The van der Waals surface area contributed by atoms with Crippen LogP contribution in [0.25, 0.3) is 0 Å². The number of aryl methyl sites for hydroxylation is 2. The van der Waals surface area contributed by atoms with Gasteiger partial charge in [0.25, 0.3) is 5.91 Å². The maximum atomic E-state index is 13.1. The molecular formula is C24H32N2O4S. The van der Waals surface area contributed by atoms with Crippen molar-refractivity contribution in [3.8, 4) is 5.75 Å². The van der Waals surface area contributed by atoms with E-state index >= 15 is 0 Å². The third kappa shape index (κ3) is 5.86. The van der Waals surface area contributed by atoms with E-state index < -0.39 is 10.0 Å². The third-order valence-corrected chi connectivity index (χ3v) is 7.70. The Labute approximate surface area is 185 Å². The molecule has 0 atom stereocenters. The van der Waals surface area contributed by atoms with Gasteiger partial charge in [0.15, 0.2) is 0 Å². The van der Waals surface area contributed by atoms with E-state index in [0.717, 1.165) is 25.7 Å². The van der Waals surface area contributed by atoms with Gasteiger partial charge in [-0.15, -0.1) is 0 Å².